The van der Waals surface area contributed by atoms with Gasteiger partial charge in [-0.15, -0.1) is 0 Å². The van der Waals surface area contributed by atoms with Gasteiger partial charge in [0.25, 0.3) is 5.56 Å². The molecule has 0 radical (unpaired) electrons. The minimum Gasteiger partial charge on any atom is -0.377 e. The number of nitrogens with one attached hydrogen (secondary N) is 2. The summed E-state index contributed by atoms with van der Waals surface area (Å²) in [5, 5.41) is 5.74. The number of hydrogen-bond donors (Lipinski definition) is 2. The van der Waals surface area contributed by atoms with Crippen molar-refractivity contribution in [1.82, 2.24) is 19.1 Å². The molecule has 4 aromatic rings. The summed E-state index contributed by atoms with van der Waals surface area (Å²) in [4.78, 5) is 32.0. The summed E-state index contributed by atoms with van der Waals surface area (Å²) in [7, 11) is 0. The van der Waals surface area contributed by atoms with Crippen LogP contribution in [0.5, 0.6) is 0 Å². The Balaban J connectivity index is 1.76. The third-order valence-corrected chi connectivity index (χ3v) is 5.24. The molecule has 0 spiro atoms. The second-order valence-electron chi connectivity index (χ2n) is 7.09. The molecule has 0 amide bonds. The number of aromatic nitrogens is 4. The van der Waals surface area contributed by atoms with Gasteiger partial charge < -0.3 is 9.88 Å². The molecule has 0 atom stereocenters. The fourth-order valence-corrected chi connectivity index (χ4v) is 3.77. The van der Waals surface area contributed by atoms with E-state index in [1.165, 1.54) is 0 Å². The molecular weight excluding hydrogens is 366 g/mol. The van der Waals surface area contributed by atoms with E-state index in [0.29, 0.717) is 30.8 Å². The normalized spacial score (nSPS) is 11.4. The fourth-order valence-electron chi connectivity index (χ4n) is 3.77. The van der Waals surface area contributed by atoms with Crippen molar-refractivity contribution in [2.45, 2.75) is 46.3 Å². The smallest absolute Gasteiger partial charge is 0.330 e. The molecule has 0 fully saturated rings. The van der Waals surface area contributed by atoms with Gasteiger partial charge in [0.15, 0.2) is 11.2 Å². The lowest BCUT2D eigenvalue weighted by atomic mass is 10.1. The molecule has 2 N–H and O–H groups in total. The third kappa shape index (κ3) is 3.44. The highest BCUT2D eigenvalue weighted by Gasteiger charge is 2.17. The Morgan fingerprint density at radius 1 is 1.03 bits per heavy atom. The first-order valence-corrected chi connectivity index (χ1v) is 10.1. The Hall–Kier alpha value is -3.35. The maximum absolute atomic E-state index is 12.5. The molecule has 7 nitrogen and oxygen atoms in total. The first-order chi connectivity index (χ1) is 14.1. The van der Waals surface area contributed by atoms with Crippen LogP contribution < -0.4 is 16.6 Å². The quantitative estimate of drug-likeness (QED) is 0.505. The lowest BCUT2D eigenvalue weighted by Crippen LogP contribution is -2.31. The van der Waals surface area contributed by atoms with Crippen molar-refractivity contribution in [3.05, 3.63) is 69.1 Å². The van der Waals surface area contributed by atoms with Crippen LogP contribution in [0.15, 0.2) is 52.1 Å². The van der Waals surface area contributed by atoms with Crippen molar-refractivity contribution < 1.29 is 0 Å². The Bertz CT molecular complexity index is 1280. The van der Waals surface area contributed by atoms with Crippen LogP contribution >= 0.6 is 0 Å². The number of aryl methyl sites for hydroxylation is 2. The van der Waals surface area contributed by atoms with Crippen molar-refractivity contribution in [2.75, 3.05) is 5.32 Å². The van der Waals surface area contributed by atoms with E-state index in [0.717, 1.165) is 35.1 Å². The number of aromatic amines is 1. The third-order valence-electron chi connectivity index (χ3n) is 5.24. The Morgan fingerprint density at radius 2 is 1.83 bits per heavy atom. The molecule has 0 unspecified atom stereocenters. The van der Waals surface area contributed by atoms with Crippen molar-refractivity contribution in [3.63, 3.8) is 0 Å². The highest BCUT2D eigenvalue weighted by molar-refractivity contribution is 5.93. The molecule has 0 aliphatic carbocycles. The van der Waals surface area contributed by atoms with Gasteiger partial charge in [0.2, 0.25) is 0 Å². The van der Waals surface area contributed by atoms with Crippen LogP contribution in [0.1, 0.15) is 32.5 Å². The zero-order valence-corrected chi connectivity index (χ0v) is 16.7. The maximum Gasteiger partial charge on any atom is 0.330 e. The topological polar surface area (TPSA) is 84.7 Å². The summed E-state index contributed by atoms with van der Waals surface area (Å²) in [6.45, 7) is 5.64. The van der Waals surface area contributed by atoms with Gasteiger partial charge in [-0.05, 0) is 24.8 Å². The minimum atomic E-state index is -0.398. The van der Waals surface area contributed by atoms with Gasteiger partial charge >= 0.3 is 5.69 Å². The van der Waals surface area contributed by atoms with Crippen LogP contribution in [0.25, 0.3) is 21.9 Å². The summed E-state index contributed by atoms with van der Waals surface area (Å²) in [5.41, 5.74) is 1.14. The van der Waals surface area contributed by atoms with Crippen molar-refractivity contribution >= 4 is 27.6 Å². The number of fused-ring (bicyclic) bond motifs is 2. The van der Waals surface area contributed by atoms with E-state index in [-0.39, 0.29) is 5.56 Å². The predicted octanol–water partition coefficient (Wildman–Crippen LogP) is 3.47. The van der Waals surface area contributed by atoms with E-state index < -0.39 is 5.69 Å². The Labute approximate surface area is 168 Å². The Morgan fingerprint density at radius 3 is 2.62 bits per heavy atom. The van der Waals surface area contributed by atoms with Gasteiger partial charge in [0.1, 0.15) is 5.82 Å². The number of anilines is 1. The molecule has 29 heavy (non-hydrogen) atoms. The largest absolute Gasteiger partial charge is 0.377 e. The highest BCUT2D eigenvalue weighted by Crippen LogP contribution is 2.23. The molecule has 7 heteroatoms. The molecule has 0 saturated carbocycles. The first kappa shape index (κ1) is 19.0. The van der Waals surface area contributed by atoms with Crippen LogP contribution in [0.2, 0.25) is 0 Å². The second-order valence-corrected chi connectivity index (χ2v) is 7.09. The summed E-state index contributed by atoms with van der Waals surface area (Å²) in [6, 6.07) is 14.3. The lowest BCUT2D eigenvalue weighted by Gasteiger charge is -2.10. The summed E-state index contributed by atoms with van der Waals surface area (Å²) in [6.07, 6.45) is 1.81. The van der Waals surface area contributed by atoms with Crippen molar-refractivity contribution in [3.8, 4) is 0 Å². The SMILES string of the molecule is CCCCn1c(=O)[nH]c(=O)c2c1nc(CNc1cccc3ccccc13)n2CC. The monoisotopic (exact) mass is 391 g/mol. The van der Waals surface area contributed by atoms with Crippen molar-refractivity contribution in [1.29, 1.82) is 0 Å². The second kappa shape index (κ2) is 7.95. The van der Waals surface area contributed by atoms with Gasteiger partial charge in [-0.2, -0.15) is 0 Å². The average molecular weight is 391 g/mol. The number of benzene rings is 2. The predicted molar refractivity (Wildman–Crippen MR) is 116 cm³/mol. The molecule has 0 aliphatic rings. The number of hydrogen-bond acceptors (Lipinski definition) is 4. The van der Waals surface area contributed by atoms with E-state index in [9.17, 15) is 9.59 Å². The average Bonchev–Trinajstić information content (AvgIpc) is 3.11. The first-order valence-electron chi connectivity index (χ1n) is 10.1. The molecule has 150 valence electrons. The summed E-state index contributed by atoms with van der Waals surface area (Å²) < 4.78 is 3.46. The molecule has 0 bridgehead atoms. The summed E-state index contributed by atoms with van der Waals surface area (Å²) >= 11 is 0. The van der Waals surface area contributed by atoms with E-state index in [1.807, 2.05) is 35.8 Å². The molecule has 0 saturated heterocycles. The zero-order chi connectivity index (χ0) is 20.4. The van der Waals surface area contributed by atoms with Gasteiger partial charge in [-0.3, -0.25) is 14.3 Å². The van der Waals surface area contributed by atoms with Crippen LogP contribution in [-0.2, 0) is 19.6 Å². The molecule has 2 heterocycles. The number of imidazole rings is 1. The minimum absolute atomic E-state index is 0.386. The number of nitrogens with zero attached hydrogens (tertiary/aromatic N) is 3. The molecule has 0 aliphatic heterocycles. The fraction of sp³-hybridized carbons (Fsp3) is 0.318. The van der Waals surface area contributed by atoms with Gasteiger partial charge in [0, 0.05) is 24.2 Å². The number of rotatable bonds is 7. The van der Waals surface area contributed by atoms with Crippen LogP contribution in [0, 0.1) is 0 Å². The number of unbranched alkanes of at least 4 members (excludes halogenated alkanes) is 1. The van der Waals surface area contributed by atoms with Crippen molar-refractivity contribution in [2.24, 2.45) is 0 Å². The Kier molecular flexibility index (Phi) is 5.20. The lowest BCUT2D eigenvalue weighted by molar-refractivity contribution is 0.613. The van der Waals surface area contributed by atoms with Crippen LogP contribution in [0.4, 0.5) is 5.69 Å². The molecule has 2 aromatic heterocycles. The maximum atomic E-state index is 12.5. The van der Waals surface area contributed by atoms with Crippen LogP contribution in [-0.4, -0.2) is 19.1 Å². The zero-order valence-electron chi connectivity index (χ0n) is 16.7. The molecule has 2 aromatic carbocycles. The van der Waals surface area contributed by atoms with Crippen LogP contribution in [0.3, 0.4) is 0 Å². The van der Waals surface area contributed by atoms with E-state index in [1.54, 1.807) is 4.57 Å². The standard InChI is InChI=1S/C22H25N5O2/c1-3-5-13-27-20-19(21(28)25-22(27)29)26(4-2)18(24-20)14-23-17-12-8-10-15-9-6-7-11-16(15)17/h6-12,23H,3-5,13-14H2,1-2H3,(H,25,28,29). The highest BCUT2D eigenvalue weighted by atomic mass is 16.2. The van der Waals surface area contributed by atoms with Gasteiger partial charge in [-0.25, -0.2) is 9.78 Å². The molecular formula is C22H25N5O2. The summed E-state index contributed by atoms with van der Waals surface area (Å²) in [5.74, 6) is 0.733. The molecule has 4 rings (SSSR count). The van der Waals surface area contributed by atoms with Gasteiger partial charge in [0.05, 0.1) is 6.54 Å². The van der Waals surface area contributed by atoms with E-state index >= 15 is 0 Å². The van der Waals surface area contributed by atoms with E-state index in [4.69, 9.17) is 4.98 Å². The number of H-pyrrole nitrogens is 1. The van der Waals surface area contributed by atoms with Gasteiger partial charge in [-0.1, -0.05) is 49.7 Å². The van der Waals surface area contributed by atoms with E-state index in [2.05, 4.69) is 35.4 Å².